The number of fused-ring (bicyclic) bond motifs is 1. The van der Waals surface area contributed by atoms with Gasteiger partial charge in [-0.2, -0.15) is 4.98 Å². The molecule has 0 aliphatic heterocycles. The third-order valence-electron chi connectivity index (χ3n) is 3.84. The molecule has 0 amide bonds. The molecule has 26 heavy (non-hydrogen) atoms. The zero-order chi connectivity index (χ0) is 18.1. The van der Waals surface area contributed by atoms with Crippen LogP contribution in [0.25, 0.3) is 22.3 Å². The maximum Gasteiger partial charge on any atom is 0.261 e. The standard InChI is InChI=1S/C18H13FN4O2S/c1-23-17(24)13-4-2-3-5-14(13)20-18(23)26-10-15-21-16(22-25-15)11-6-8-12(19)9-7-11/h2-9H,10H2,1H3. The van der Waals surface area contributed by atoms with E-state index in [4.69, 9.17) is 4.52 Å². The van der Waals surface area contributed by atoms with Crippen molar-refractivity contribution < 1.29 is 8.91 Å². The van der Waals surface area contributed by atoms with Crippen LogP contribution in [-0.2, 0) is 12.8 Å². The van der Waals surface area contributed by atoms with Crippen LogP contribution in [0, 0.1) is 5.82 Å². The fraction of sp³-hybridized carbons (Fsp3) is 0.111. The molecule has 2 aromatic heterocycles. The minimum absolute atomic E-state index is 0.101. The highest BCUT2D eigenvalue weighted by Gasteiger charge is 2.12. The number of aromatic nitrogens is 4. The molecule has 0 fully saturated rings. The first kappa shape index (κ1) is 16.5. The van der Waals surface area contributed by atoms with Gasteiger partial charge in [-0.05, 0) is 36.4 Å². The number of hydrogen-bond acceptors (Lipinski definition) is 6. The van der Waals surface area contributed by atoms with Crippen LogP contribution in [-0.4, -0.2) is 19.7 Å². The van der Waals surface area contributed by atoms with Gasteiger partial charge in [0, 0.05) is 12.6 Å². The lowest BCUT2D eigenvalue weighted by molar-refractivity contribution is 0.391. The predicted molar refractivity (Wildman–Crippen MR) is 96.2 cm³/mol. The van der Waals surface area contributed by atoms with Crippen molar-refractivity contribution in [2.45, 2.75) is 10.9 Å². The molecule has 0 N–H and O–H groups in total. The van der Waals surface area contributed by atoms with Crippen LogP contribution >= 0.6 is 11.8 Å². The molecule has 0 atom stereocenters. The molecule has 0 saturated carbocycles. The lowest BCUT2D eigenvalue weighted by Crippen LogP contribution is -2.19. The summed E-state index contributed by atoms with van der Waals surface area (Å²) in [4.78, 5) is 21.2. The Morgan fingerprint density at radius 2 is 1.88 bits per heavy atom. The molecular formula is C18H13FN4O2S. The van der Waals surface area contributed by atoms with Gasteiger partial charge in [-0.25, -0.2) is 9.37 Å². The van der Waals surface area contributed by atoms with Crippen molar-refractivity contribution >= 4 is 22.7 Å². The Labute approximate surface area is 151 Å². The van der Waals surface area contributed by atoms with E-state index in [1.807, 2.05) is 12.1 Å². The SMILES string of the molecule is Cn1c(SCc2nc(-c3ccc(F)cc3)no2)nc2ccccc2c1=O. The minimum Gasteiger partial charge on any atom is -0.338 e. The molecule has 0 spiro atoms. The average Bonchev–Trinajstić information content (AvgIpc) is 3.13. The fourth-order valence-electron chi connectivity index (χ4n) is 2.48. The summed E-state index contributed by atoms with van der Waals surface area (Å²) in [5.74, 6) is 0.835. The van der Waals surface area contributed by atoms with E-state index in [9.17, 15) is 9.18 Å². The van der Waals surface area contributed by atoms with Gasteiger partial charge in [-0.15, -0.1) is 0 Å². The van der Waals surface area contributed by atoms with E-state index in [2.05, 4.69) is 15.1 Å². The molecule has 6 nitrogen and oxygen atoms in total. The van der Waals surface area contributed by atoms with E-state index in [1.54, 1.807) is 31.3 Å². The topological polar surface area (TPSA) is 73.8 Å². The van der Waals surface area contributed by atoms with E-state index in [1.165, 1.54) is 28.5 Å². The van der Waals surface area contributed by atoms with E-state index >= 15 is 0 Å². The summed E-state index contributed by atoms with van der Waals surface area (Å²) in [7, 11) is 1.68. The normalized spacial score (nSPS) is 11.2. The fourth-order valence-corrected chi connectivity index (χ4v) is 3.29. The van der Waals surface area contributed by atoms with Crippen LogP contribution in [0.3, 0.4) is 0 Å². The third-order valence-corrected chi connectivity index (χ3v) is 4.85. The van der Waals surface area contributed by atoms with Gasteiger partial charge in [-0.3, -0.25) is 9.36 Å². The summed E-state index contributed by atoms with van der Waals surface area (Å²) in [5.41, 5.74) is 1.22. The van der Waals surface area contributed by atoms with Crippen LogP contribution in [0.5, 0.6) is 0 Å². The van der Waals surface area contributed by atoms with E-state index in [-0.39, 0.29) is 11.4 Å². The summed E-state index contributed by atoms with van der Waals surface area (Å²) < 4.78 is 19.7. The van der Waals surface area contributed by atoms with Crippen molar-refractivity contribution in [3.8, 4) is 11.4 Å². The molecule has 0 aliphatic rings. The van der Waals surface area contributed by atoms with Crippen molar-refractivity contribution in [3.05, 3.63) is 70.6 Å². The van der Waals surface area contributed by atoms with Crippen LogP contribution in [0.15, 0.2) is 63.0 Å². The zero-order valence-electron chi connectivity index (χ0n) is 13.7. The molecule has 0 radical (unpaired) electrons. The second-order valence-corrected chi connectivity index (χ2v) is 6.53. The highest BCUT2D eigenvalue weighted by atomic mass is 32.2. The van der Waals surface area contributed by atoms with Crippen molar-refractivity contribution in [2.24, 2.45) is 7.05 Å². The Bertz CT molecular complexity index is 1140. The number of benzene rings is 2. The molecule has 2 heterocycles. The predicted octanol–water partition coefficient (Wildman–Crippen LogP) is 3.41. The zero-order valence-corrected chi connectivity index (χ0v) is 14.5. The van der Waals surface area contributed by atoms with Gasteiger partial charge in [0.1, 0.15) is 5.82 Å². The van der Waals surface area contributed by atoms with Crippen molar-refractivity contribution in [3.63, 3.8) is 0 Å². The first-order valence-corrected chi connectivity index (χ1v) is 8.77. The molecule has 0 saturated heterocycles. The van der Waals surface area contributed by atoms with Gasteiger partial charge in [0.25, 0.3) is 5.56 Å². The van der Waals surface area contributed by atoms with Crippen molar-refractivity contribution in [1.82, 2.24) is 19.7 Å². The second kappa shape index (κ2) is 6.72. The van der Waals surface area contributed by atoms with Gasteiger partial charge in [0.15, 0.2) is 5.16 Å². The summed E-state index contributed by atoms with van der Waals surface area (Å²) in [6, 6.07) is 13.1. The molecule has 130 valence electrons. The molecule has 4 rings (SSSR count). The van der Waals surface area contributed by atoms with Crippen molar-refractivity contribution in [1.29, 1.82) is 0 Å². The largest absolute Gasteiger partial charge is 0.338 e. The maximum atomic E-state index is 13.0. The Balaban J connectivity index is 1.56. The Morgan fingerprint density at radius 1 is 1.12 bits per heavy atom. The number of nitrogens with zero attached hydrogens (tertiary/aromatic N) is 4. The minimum atomic E-state index is -0.323. The summed E-state index contributed by atoms with van der Waals surface area (Å²) in [6.07, 6.45) is 0. The van der Waals surface area contributed by atoms with Crippen LogP contribution in [0.2, 0.25) is 0 Å². The van der Waals surface area contributed by atoms with Gasteiger partial charge in [0.05, 0.1) is 16.7 Å². The molecule has 0 bridgehead atoms. The number of halogens is 1. The monoisotopic (exact) mass is 368 g/mol. The third kappa shape index (κ3) is 3.11. The first-order chi connectivity index (χ1) is 12.6. The average molecular weight is 368 g/mol. The molecule has 0 unspecified atom stereocenters. The Hall–Kier alpha value is -3.00. The quantitative estimate of drug-likeness (QED) is 0.406. The van der Waals surface area contributed by atoms with E-state index in [0.717, 1.165) is 0 Å². The molecule has 8 heteroatoms. The highest BCUT2D eigenvalue weighted by molar-refractivity contribution is 7.98. The first-order valence-electron chi connectivity index (χ1n) is 7.79. The summed E-state index contributed by atoms with van der Waals surface area (Å²) in [5, 5.41) is 5.05. The molecule has 4 aromatic rings. The highest BCUT2D eigenvalue weighted by Crippen LogP contribution is 2.23. The maximum absolute atomic E-state index is 13.0. The lowest BCUT2D eigenvalue weighted by Gasteiger charge is -2.07. The van der Waals surface area contributed by atoms with Crippen LogP contribution in [0.4, 0.5) is 4.39 Å². The Kier molecular flexibility index (Phi) is 4.26. The molecule has 0 aliphatic carbocycles. The summed E-state index contributed by atoms with van der Waals surface area (Å²) in [6.45, 7) is 0. The van der Waals surface area contributed by atoms with Gasteiger partial charge < -0.3 is 4.52 Å². The number of thioether (sulfide) groups is 1. The van der Waals surface area contributed by atoms with Crippen molar-refractivity contribution in [2.75, 3.05) is 0 Å². The smallest absolute Gasteiger partial charge is 0.261 e. The Morgan fingerprint density at radius 3 is 2.69 bits per heavy atom. The number of para-hydroxylation sites is 1. The number of rotatable bonds is 4. The molecular weight excluding hydrogens is 355 g/mol. The molecule has 2 aromatic carbocycles. The van der Waals surface area contributed by atoms with E-state index in [0.29, 0.717) is 39.1 Å². The van der Waals surface area contributed by atoms with Gasteiger partial charge in [-0.1, -0.05) is 29.1 Å². The van der Waals surface area contributed by atoms with E-state index < -0.39 is 0 Å². The summed E-state index contributed by atoms with van der Waals surface area (Å²) >= 11 is 1.34. The second-order valence-electron chi connectivity index (χ2n) is 5.58. The van der Waals surface area contributed by atoms with Crippen LogP contribution < -0.4 is 5.56 Å². The number of hydrogen-bond donors (Lipinski definition) is 0. The van der Waals surface area contributed by atoms with Gasteiger partial charge in [0.2, 0.25) is 11.7 Å². The lowest BCUT2D eigenvalue weighted by atomic mass is 10.2. The van der Waals surface area contributed by atoms with Crippen LogP contribution in [0.1, 0.15) is 5.89 Å². The van der Waals surface area contributed by atoms with Gasteiger partial charge >= 0.3 is 0 Å².